The molecule has 204 valence electrons. The Morgan fingerprint density at radius 2 is 1.62 bits per heavy atom. The minimum absolute atomic E-state index is 0.284. The fraction of sp³-hybridized carbons (Fsp3) is 0.286. The summed E-state index contributed by atoms with van der Waals surface area (Å²) in [7, 11) is 3.49. The normalized spacial score (nSPS) is 15.9. The average Bonchev–Trinajstić information content (AvgIpc) is 3.72. The number of fused-ring (bicyclic) bond motifs is 2. The van der Waals surface area contributed by atoms with Crippen LogP contribution in [0.1, 0.15) is 33.3 Å². The number of halogens is 1. The van der Waals surface area contributed by atoms with Gasteiger partial charge in [-0.1, -0.05) is 0 Å². The molecule has 0 unspecified atom stereocenters. The number of aromatic amines is 1. The highest BCUT2D eigenvalue weighted by molar-refractivity contribution is 9.10. The van der Waals surface area contributed by atoms with Crippen molar-refractivity contribution >= 4 is 51.4 Å². The summed E-state index contributed by atoms with van der Waals surface area (Å²) in [6.45, 7) is 8.18. The molecule has 5 aromatic heterocycles. The first-order valence-corrected chi connectivity index (χ1v) is 13.6. The molecule has 1 saturated heterocycles. The van der Waals surface area contributed by atoms with Gasteiger partial charge >= 0.3 is 7.12 Å². The lowest BCUT2D eigenvalue weighted by molar-refractivity contribution is 0.00578. The van der Waals surface area contributed by atoms with E-state index in [-0.39, 0.29) is 18.3 Å². The zero-order valence-corrected chi connectivity index (χ0v) is 24.9. The van der Waals surface area contributed by atoms with E-state index in [1.54, 1.807) is 21.8 Å². The first-order valence-electron chi connectivity index (χ1n) is 12.8. The van der Waals surface area contributed by atoms with E-state index in [0.717, 1.165) is 43.5 Å². The van der Waals surface area contributed by atoms with Crippen LogP contribution in [0.15, 0.2) is 66.0 Å². The van der Waals surface area contributed by atoms with Crippen molar-refractivity contribution in [3.63, 3.8) is 0 Å². The second-order valence-corrected chi connectivity index (χ2v) is 11.5. The fourth-order valence-corrected chi connectivity index (χ4v) is 4.41. The lowest BCUT2D eigenvalue weighted by Gasteiger charge is -2.32. The van der Waals surface area contributed by atoms with Crippen molar-refractivity contribution in [1.82, 2.24) is 34.5 Å². The van der Waals surface area contributed by atoms with E-state index in [1.807, 2.05) is 91.0 Å². The molecule has 7 rings (SSSR count). The van der Waals surface area contributed by atoms with Crippen LogP contribution in [-0.2, 0) is 23.4 Å². The van der Waals surface area contributed by atoms with Crippen LogP contribution in [0.4, 0.5) is 5.82 Å². The Balaban J connectivity index is 0.000000124. The second kappa shape index (κ2) is 11.0. The largest absolute Gasteiger partial charge is 0.498 e. The third kappa shape index (κ3) is 6.00. The SMILES string of the molecule is Brc1cnc2c(c1)C=[C+]N2.Cn1cc(-c2cnc3[nH]ccc3c2)cn1.Cn1cc(B2OC(C)(C)C(C)(C)O2)cn1. The van der Waals surface area contributed by atoms with E-state index in [1.165, 1.54) is 0 Å². The molecule has 0 amide bonds. The zero-order valence-electron chi connectivity index (χ0n) is 23.3. The molecule has 2 aliphatic heterocycles. The van der Waals surface area contributed by atoms with Crippen LogP contribution in [0.3, 0.4) is 0 Å². The van der Waals surface area contributed by atoms with Crippen molar-refractivity contribution in [3.8, 4) is 11.1 Å². The van der Waals surface area contributed by atoms with Crippen molar-refractivity contribution < 1.29 is 9.31 Å². The summed E-state index contributed by atoms with van der Waals surface area (Å²) < 4.78 is 16.3. The van der Waals surface area contributed by atoms with Gasteiger partial charge in [0.1, 0.15) is 17.9 Å². The molecule has 2 N–H and O–H groups in total. The van der Waals surface area contributed by atoms with Crippen LogP contribution >= 0.6 is 15.9 Å². The smallest absolute Gasteiger partial charge is 0.399 e. The maximum atomic E-state index is 5.89. The van der Waals surface area contributed by atoms with Crippen LogP contribution in [0.2, 0.25) is 0 Å². The number of pyridine rings is 2. The van der Waals surface area contributed by atoms with Gasteiger partial charge in [-0.05, 0) is 55.8 Å². The minimum atomic E-state index is -0.302. The highest BCUT2D eigenvalue weighted by Gasteiger charge is 2.52. The van der Waals surface area contributed by atoms with Gasteiger partial charge in [0.05, 0.1) is 28.1 Å². The maximum Gasteiger partial charge on any atom is 0.498 e. The second-order valence-electron chi connectivity index (χ2n) is 10.6. The predicted molar refractivity (Wildman–Crippen MR) is 160 cm³/mol. The van der Waals surface area contributed by atoms with E-state index in [2.05, 4.69) is 58.7 Å². The summed E-state index contributed by atoms with van der Waals surface area (Å²) >= 11 is 3.33. The molecule has 7 heterocycles. The van der Waals surface area contributed by atoms with Crippen LogP contribution in [0, 0.1) is 6.20 Å². The third-order valence-electron chi connectivity index (χ3n) is 6.99. The molecule has 5 aromatic rings. The minimum Gasteiger partial charge on any atom is -0.399 e. The number of aromatic nitrogens is 7. The quantitative estimate of drug-likeness (QED) is 0.222. The van der Waals surface area contributed by atoms with Gasteiger partial charge in [0.2, 0.25) is 0 Å². The highest BCUT2D eigenvalue weighted by Crippen LogP contribution is 2.36. The van der Waals surface area contributed by atoms with E-state index in [9.17, 15) is 0 Å². The number of rotatable bonds is 2. The first-order chi connectivity index (χ1) is 19.0. The first kappa shape index (κ1) is 27.7. The third-order valence-corrected chi connectivity index (χ3v) is 7.42. The van der Waals surface area contributed by atoms with Gasteiger partial charge in [0.25, 0.3) is 5.82 Å². The Labute approximate surface area is 242 Å². The Morgan fingerprint density at radius 3 is 2.30 bits per heavy atom. The van der Waals surface area contributed by atoms with Crippen molar-refractivity contribution in [1.29, 1.82) is 0 Å². The number of anilines is 1. The Kier molecular flexibility index (Phi) is 7.61. The van der Waals surface area contributed by atoms with Crippen LogP contribution in [0.25, 0.3) is 28.2 Å². The molecular formula is C28H31BBrN8O2+. The van der Waals surface area contributed by atoms with E-state index >= 15 is 0 Å². The van der Waals surface area contributed by atoms with Crippen molar-refractivity contribution in [2.45, 2.75) is 38.9 Å². The molecule has 0 radical (unpaired) electrons. The monoisotopic (exact) mass is 601 g/mol. The number of hydrogen-bond donors (Lipinski definition) is 2. The van der Waals surface area contributed by atoms with Gasteiger partial charge < -0.3 is 14.3 Å². The van der Waals surface area contributed by atoms with Gasteiger partial charge in [0.15, 0.2) is 5.56 Å². The number of H-pyrrole nitrogens is 1. The highest BCUT2D eigenvalue weighted by atomic mass is 79.9. The standard InChI is InChI=1S/C11H10N4.C10H17BN2O2.C7H4BrN2/c1-15-7-10(6-14-15)9-4-8-2-3-12-11(8)13-5-9;1-9(2)10(3,4)15-11(14-9)8-6-12-13(5)7-8;8-6-3-5-1-2-9-7(5)10-4-6/h2-7H,1H3,(H,12,13);6-7H,1-5H3;1,3-4H,(H,9,10)/q;;+1. The molecule has 0 atom stereocenters. The molecule has 0 saturated carbocycles. The topological polar surface area (TPSA) is 108 Å². The lowest BCUT2D eigenvalue weighted by Crippen LogP contribution is -2.41. The number of hydrogen-bond acceptors (Lipinski definition) is 7. The Hall–Kier alpha value is -3.83. The van der Waals surface area contributed by atoms with Gasteiger partial charge in [-0.3, -0.25) is 9.36 Å². The van der Waals surface area contributed by atoms with Gasteiger partial charge in [-0.15, -0.1) is 0 Å². The molecule has 0 aliphatic carbocycles. The Bertz CT molecular complexity index is 1640. The Morgan fingerprint density at radius 1 is 0.900 bits per heavy atom. The molecule has 1 fully saturated rings. The van der Waals surface area contributed by atoms with Gasteiger partial charge in [-0.2, -0.15) is 20.5 Å². The summed E-state index contributed by atoms with van der Waals surface area (Å²) in [6, 6.07) is 6.12. The predicted octanol–water partition coefficient (Wildman–Crippen LogP) is 4.73. The molecular weight excluding hydrogens is 571 g/mol. The van der Waals surface area contributed by atoms with E-state index in [0.29, 0.717) is 0 Å². The molecule has 0 bridgehead atoms. The molecule has 40 heavy (non-hydrogen) atoms. The summed E-state index contributed by atoms with van der Waals surface area (Å²) in [4.78, 5) is 11.5. The van der Waals surface area contributed by atoms with Gasteiger partial charge in [0, 0.05) is 73.1 Å². The zero-order chi connectivity index (χ0) is 28.5. The maximum absolute atomic E-state index is 5.89. The van der Waals surface area contributed by atoms with Crippen LogP contribution in [0.5, 0.6) is 0 Å². The summed E-state index contributed by atoms with van der Waals surface area (Å²) in [5.41, 5.74) is 4.58. The van der Waals surface area contributed by atoms with Crippen molar-refractivity contribution in [3.05, 3.63) is 77.8 Å². The van der Waals surface area contributed by atoms with Crippen LogP contribution in [-0.4, -0.2) is 52.8 Å². The molecule has 12 heteroatoms. The number of nitrogens with zero attached hydrogens (tertiary/aromatic N) is 6. The summed E-state index contributed by atoms with van der Waals surface area (Å²) in [5, 5.41) is 12.3. The van der Waals surface area contributed by atoms with E-state index in [4.69, 9.17) is 9.31 Å². The fourth-order valence-electron chi connectivity index (χ4n) is 4.06. The molecule has 0 aromatic carbocycles. The summed E-state index contributed by atoms with van der Waals surface area (Å²) in [6.07, 6.45) is 17.8. The average molecular weight is 602 g/mol. The molecule has 0 spiro atoms. The van der Waals surface area contributed by atoms with Crippen molar-refractivity contribution in [2.75, 3.05) is 5.32 Å². The lowest BCUT2D eigenvalue weighted by atomic mass is 9.82. The van der Waals surface area contributed by atoms with Crippen LogP contribution < -0.4 is 10.8 Å². The van der Waals surface area contributed by atoms with Gasteiger partial charge in [-0.25, -0.2) is 4.98 Å². The van der Waals surface area contributed by atoms with E-state index < -0.39 is 0 Å². The summed E-state index contributed by atoms with van der Waals surface area (Å²) in [5.74, 6) is 0.878. The molecule has 2 aliphatic rings. The molecule has 10 nitrogen and oxygen atoms in total. The van der Waals surface area contributed by atoms with Crippen molar-refractivity contribution in [2.24, 2.45) is 14.1 Å². The number of aryl methyl sites for hydroxylation is 2. The number of nitrogens with one attached hydrogen (secondary N) is 2.